The average Bonchev–Trinajstić information content (AvgIpc) is 2.27. The van der Waals surface area contributed by atoms with E-state index in [2.05, 4.69) is 15.0 Å². The van der Waals surface area contributed by atoms with Crippen LogP contribution in [0, 0.1) is 13.8 Å². The third kappa shape index (κ3) is 3.11. The molecule has 0 aliphatic rings. The molecule has 2 aromatic rings. The van der Waals surface area contributed by atoms with E-state index >= 15 is 0 Å². The van der Waals surface area contributed by atoms with E-state index in [1.807, 2.05) is 45.3 Å². The number of aryl methyl sites for hydroxylation is 2. The fourth-order valence-corrected chi connectivity index (χ4v) is 1.94. The highest BCUT2D eigenvalue weighted by molar-refractivity contribution is 5.55. The van der Waals surface area contributed by atoms with Crippen molar-refractivity contribution in [2.75, 3.05) is 0 Å². The van der Waals surface area contributed by atoms with Crippen LogP contribution in [0.2, 0.25) is 0 Å². The number of nitrogens with two attached hydrogens (primary N) is 1. The van der Waals surface area contributed by atoms with Crippen molar-refractivity contribution in [3.8, 4) is 11.4 Å². The first-order chi connectivity index (χ1) is 8.54. The summed E-state index contributed by atoms with van der Waals surface area (Å²) in [6, 6.07) is 4.12. The molecule has 0 amide bonds. The van der Waals surface area contributed by atoms with Gasteiger partial charge in [0.05, 0.1) is 0 Å². The van der Waals surface area contributed by atoms with Crippen LogP contribution in [-0.4, -0.2) is 21.0 Å². The van der Waals surface area contributed by atoms with Gasteiger partial charge in [0, 0.05) is 35.4 Å². The number of hydrogen-bond donors (Lipinski definition) is 1. The van der Waals surface area contributed by atoms with E-state index in [0.29, 0.717) is 0 Å². The summed E-state index contributed by atoms with van der Waals surface area (Å²) in [5.41, 5.74) is 9.78. The summed E-state index contributed by atoms with van der Waals surface area (Å²) >= 11 is 0. The second-order valence-corrected chi connectivity index (χ2v) is 4.73. The minimum Gasteiger partial charge on any atom is -0.328 e. The first-order valence-electron chi connectivity index (χ1n) is 6.07. The van der Waals surface area contributed by atoms with E-state index in [-0.39, 0.29) is 6.04 Å². The van der Waals surface area contributed by atoms with Gasteiger partial charge in [0.15, 0.2) is 5.82 Å². The van der Waals surface area contributed by atoms with Crippen molar-refractivity contribution >= 4 is 0 Å². The number of hydrogen-bond acceptors (Lipinski definition) is 4. The molecular formula is C14H18N4. The predicted molar refractivity (Wildman–Crippen MR) is 72.1 cm³/mol. The van der Waals surface area contributed by atoms with Crippen LogP contribution in [0.1, 0.15) is 23.9 Å². The van der Waals surface area contributed by atoms with Crippen LogP contribution in [0.15, 0.2) is 24.5 Å². The Hall–Kier alpha value is -1.81. The molecule has 0 aliphatic carbocycles. The zero-order valence-electron chi connectivity index (χ0n) is 11.0. The molecule has 4 heteroatoms. The maximum absolute atomic E-state index is 5.75. The summed E-state index contributed by atoms with van der Waals surface area (Å²) in [6.45, 7) is 5.92. The van der Waals surface area contributed by atoms with E-state index in [1.54, 1.807) is 0 Å². The fraction of sp³-hybridized carbons (Fsp3) is 0.357. The first-order valence-corrected chi connectivity index (χ1v) is 6.07. The molecule has 0 bridgehead atoms. The Kier molecular flexibility index (Phi) is 3.67. The summed E-state index contributed by atoms with van der Waals surface area (Å²) in [5.74, 6) is 0.733. The van der Waals surface area contributed by atoms with Gasteiger partial charge < -0.3 is 5.73 Å². The van der Waals surface area contributed by atoms with Gasteiger partial charge in [0.1, 0.15) is 0 Å². The van der Waals surface area contributed by atoms with Crippen molar-refractivity contribution in [3.05, 3.63) is 41.5 Å². The second kappa shape index (κ2) is 5.23. The minimum absolute atomic E-state index is 0.130. The third-order valence-electron chi connectivity index (χ3n) is 2.60. The van der Waals surface area contributed by atoms with Gasteiger partial charge in [0.2, 0.25) is 0 Å². The summed E-state index contributed by atoms with van der Waals surface area (Å²) < 4.78 is 0. The van der Waals surface area contributed by atoms with Gasteiger partial charge in [-0.2, -0.15) is 0 Å². The topological polar surface area (TPSA) is 64.7 Å². The van der Waals surface area contributed by atoms with Gasteiger partial charge in [-0.15, -0.1) is 0 Å². The molecule has 0 fully saturated rings. The number of aromatic nitrogens is 3. The predicted octanol–water partition coefficient (Wildman–Crippen LogP) is 2.05. The highest BCUT2D eigenvalue weighted by atomic mass is 14.9. The number of rotatable bonds is 3. The van der Waals surface area contributed by atoms with Crippen LogP contribution in [0.3, 0.4) is 0 Å². The molecule has 2 heterocycles. The molecule has 0 aromatic carbocycles. The van der Waals surface area contributed by atoms with Crippen LogP contribution in [-0.2, 0) is 6.42 Å². The molecule has 0 saturated carbocycles. The molecule has 94 valence electrons. The Morgan fingerprint density at radius 2 is 1.67 bits per heavy atom. The molecule has 2 N–H and O–H groups in total. The monoisotopic (exact) mass is 242 g/mol. The zero-order valence-corrected chi connectivity index (χ0v) is 11.0. The van der Waals surface area contributed by atoms with Gasteiger partial charge in [-0.3, -0.25) is 4.98 Å². The largest absolute Gasteiger partial charge is 0.328 e. The van der Waals surface area contributed by atoms with Crippen molar-refractivity contribution < 1.29 is 0 Å². The standard InChI is InChI=1S/C14H18N4/c1-9(15)4-12-7-16-14(17-8-12)13-5-10(2)18-11(3)6-13/h5-9H,4,15H2,1-3H3. The Labute approximate surface area is 107 Å². The highest BCUT2D eigenvalue weighted by Gasteiger charge is 2.05. The number of nitrogens with zero attached hydrogens (tertiary/aromatic N) is 3. The van der Waals surface area contributed by atoms with Gasteiger partial charge in [-0.1, -0.05) is 0 Å². The van der Waals surface area contributed by atoms with Crippen molar-refractivity contribution in [3.63, 3.8) is 0 Å². The van der Waals surface area contributed by atoms with Crippen molar-refractivity contribution in [2.45, 2.75) is 33.2 Å². The van der Waals surface area contributed by atoms with Crippen LogP contribution in [0.4, 0.5) is 0 Å². The van der Waals surface area contributed by atoms with Crippen LogP contribution in [0.5, 0.6) is 0 Å². The normalized spacial score (nSPS) is 12.4. The summed E-state index contributed by atoms with van der Waals surface area (Å²) in [7, 11) is 0. The maximum atomic E-state index is 5.75. The first kappa shape index (κ1) is 12.6. The lowest BCUT2D eigenvalue weighted by molar-refractivity contribution is 0.732. The van der Waals surface area contributed by atoms with Gasteiger partial charge >= 0.3 is 0 Å². The van der Waals surface area contributed by atoms with Crippen molar-refractivity contribution in [1.82, 2.24) is 15.0 Å². The van der Waals surface area contributed by atoms with Crippen molar-refractivity contribution in [1.29, 1.82) is 0 Å². The summed E-state index contributed by atoms with van der Waals surface area (Å²) in [6.07, 6.45) is 4.49. The van der Waals surface area contributed by atoms with E-state index in [1.165, 1.54) is 0 Å². The highest BCUT2D eigenvalue weighted by Crippen LogP contribution is 2.16. The third-order valence-corrected chi connectivity index (χ3v) is 2.60. The average molecular weight is 242 g/mol. The molecule has 4 nitrogen and oxygen atoms in total. The van der Waals surface area contributed by atoms with Crippen LogP contribution in [0.25, 0.3) is 11.4 Å². The molecule has 0 radical (unpaired) electrons. The van der Waals surface area contributed by atoms with Crippen molar-refractivity contribution in [2.24, 2.45) is 5.73 Å². The molecule has 18 heavy (non-hydrogen) atoms. The maximum Gasteiger partial charge on any atom is 0.159 e. The Morgan fingerprint density at radius 3 is 2.17 bits per heavy atom. The van der Waals surface area contributed by atoms with E-state index < -0.39 is 0 Å². The Bertz CT molecular complexity index is 512. The molecule has 1 unspecified atom stereocenters. The lowest BCUT2D eigenvalue weighted by Crippen LogP contribution is -2.18. The smallest absolute Gasteiger partial charge is 0.159 e. The van der Waals surface area contributed by atoms with E-state index in [9.17, 15) is 0 Å². The molecule has 1 atom stereocenters. The zero-order chi connectivity index (χ0) is 13.1. The second-order valence-electron chi connectivity index (χ2n) is 4.73. The fourth-order valence-electron chi connectivity index (χ4n) is 1.94. The molecule has 2 aromatic heterocycles. The molecule has 0 aliphatic heterocycles. The lowest BCUT2D eigenvalue weighted by atomic mass is 10.1. The summed E-state index contributed by atoms with van der Waals surface area (Å²) in [5, 5.41) is 0. The summed E-state index contributed by atoms with van der Waals surface area (Å²) in [4.78, 5) is 13.1. The SMILES string of the molecule is Cc1cc(-c2ncc(CC(C)N)cn2)cc(C)n1. The lowest BCUT2D eigenvalue weighted by Gasteiger charge is -2.06. The number of pyridine rings is 1. The van der Waals surface area contributed by atoms with Crippen LogP contribution < -0.4 is 5.73 Å². The minimum atomic E-state index is 0.130. The van der Waals surface area contributed by atoms with E-state index in [4.69, 9.17) is 5.73 Å². The molecule has 0 saturated heterocycles. The van der Waals surface area contributed by atoms with Gasteiger partial charge in [-0.25, -0.2) is 9.97 Å². The van der Waals surface area contributed by atoms with Gasteiger partial charge in [0.25, 0.3) is 0 Å². The molecule has 0 spiro atoms. The molecule has 2 rings (SSSR count). The Morgan fingerprint density at radius 1 is 1.11 bits per heavy atom. The van der Waals surface area contributed by atoms with Crippen LogP contribution >= 0.6 is 0 Å². The Balaban J connectivity index is 2.28. The van der Waals surface area contributed by atoms with E-state index in [0.717, 1.165) is 34.8 Å². The quantitative estimate of drug-likeness (QED) is 0.894. The molecular weight excluding hydrogens is 224 g/mol. The van der Waals surface area contributed by atoms with Gasteiger partial charge in [-0.05, 0) is 44.9 Å².